The lowest BCUT2D eigenvalue weighted by Crippen LogP contribution is -2.51. The molecular weight excluding hydrogens is 692 g/mol. The highest BCUT2D eigenvalue weighted by atomic mass is 16.5. The Bertz CT molecular complexity index is 1580. The van der Waals surface area contributed by atoms with Gasteiger partial charge in [0.15, 0.2) is 5.82 Å². The molecule has 0 unspecified atom stereocenters. The summed E-state index contributed by atoms with van der Waals surface area (Å²) in [5.41, 5.74) is 16.4. The summed E-state index contributed by atoms with van der Waals surface area (Å²) in [6.45, 7) is 11.5. The highest BCUT2D eigenvalue weighted by molar-refractivity contribution is 5.87. The topological polar surface area (TPSA) is 209 Å². The molecule has 3 heterocycles. The molecular formula is C37H62N12O5. The smallest absolute Gasteiger partial charge is 0.317 e. The largest absolute Gasteiger partial charge is 0.496 e. The predicted molar refractivity (Wildman–Crippen MR) is 212 cm³/mol. The van der Waals surface area contributed by atoms with E-state index >= 15 is 0 Å². The van der Waals surface area contributed by atoms with E-state index in [9.17, 15) is 4.79 Å². The number of hydrogen-bond donors (Lipinski definition) is 6. The number of hydrogen-bond acceptors (Lipinski definition) is 14. The molecule has 300 valence electrons. The Balaban J connectivity index is 1.10. The quantitative estimate of drug-likeness (QED) is 0.0414. The molecule has 1 aliphatic heterocycles. The first-order valence-electron chi connectivity index (χ1n) is 18.9. The van der Waals surface area contributed by atoms with Crippen molar-refractivity contribution in [3.63, 3.8) is 0 Å². The van der Waals surface area contributed by atoms with Crippen LogP contribution in [0.5, 0.6) is 5.75 Å². The lowest BCUT2D eigenvalue weighted by Gasteiger charge is -2.34. The van der Waals surface area contributed by atoms with Crippen molar-refractivity contribution >= 4 is 28.8 Å². The van der Waals surface area contributed by atoms with Gasteiger partial charge in [-0.3, -0.25) is 4.90 Å². The van der Waals surface area contributed by atoms with E-state index in [2.05, 4.69) is 60.5 Å². The molecule has 0 saturated carbocycles. The second-order valence-corrected chi connectivity index (χ2v) is 13.2. The van der Waals surface area contributed by atoms with Crippen LogP contribution in [0.2, 0.25) is 0 Å². The molecule has 2 amide bonds. The summed E-state index contributed by atoms with van der Waals surface area (Å²) in [6.07, 6.45) is 7.07. The number of anilines is 2. The molecule has 2 aromatic heterocycles. The van der Waals surface area contributed by atoms with Gasteiger partial charge in [-0.1, -0.05) is 31.9 Å². The number of unbranched alkanes of at least 4 members (excludes halogenated alkanes) is 2. The zero-order valence-corrected chi connectivity index (χ0v) is 32.4. The number of fused-ring (bicyclic) bond motifs is 1. The minimum absolute atomic E-state index is 0.0705. The van der Waals surface area contributed by atoms with Crippen molar-refractivity contribution in [1.82, 2.24) is 40.0 Å². The molecule has 0 atom stereocenters. The molecule has 0 radical (unpaired) electrons. The number of aromatic nitrogens is 3. The van der Waals surface area contributed by atoms with Crippen molar-refractivity contribution in [1.29, 1.82) is 0 Å². The average molecular weight is 755 g/mol. The zero-order valence-electron chi connectivity index (χ0n) is 32.4. The first kappa shape index (κ1) is 42.4. The monoisotopic (exact) mass is 754 g/mol. The van der Waals surface area contributed by atoms with Crippen LogP contribution in [0.1, 0.15) is 37.3 Å². The molecule has 1 saturated heterocycles. The number of nitrogen functional groups attached to an aromatic ring is 1. The maximum absolute atomic E-state index is 12.7. The molecule has 1 aliphatic rings. The van der Waals surface area contributed by atoms with Crippen LogP contribution < -0.4 is 38.0 Å². The van der Waals surface area contributed by atoms with Crippen molar-refractivity contribution in [3.8, 4) is 5.75 Å². The standard InChI is InChI=1S/C37H62N12O5/c1-4-5-6-10-42-35-34-32(44-36(39)45-35)9-12-48(34)27-30-8-7-29(24-33(30)51-3)26-46-13-15-47(16-14-46)37(50)43-11-18-52-20-22-54-23-21-53-19-17-49(40)28-31(38)25-41-2/h7-9,12,24,28,41H,4-6,10-11,13-23,25-27,38,40H2,1-3H3,(H,43,50)(H3,39,42,44,45)/b31-28-. The number of likely N-dealkylation sites (N-methyl/N-ethyl adjacent to an activating group) is 1. The Hall–Kier alpha value is -4.39. The fourth-order valence-corrected chi connectivity index (χ4v) is 6.11. The van der Waals surface area contributed by atoms with E-state index in [1.54, 1.807) is 13.3 Å². The highest BCUT2D eigenvalue weighted by Gasteiger charge is 2.21. The third-order valence-corrected chi connectivity index (χ3v) is 8.93. The van der Waals surface area contributed by atoms with Gasteiger partial charge in [-0.15, -0.1) is 0 Å². The van der Waals surface area contributed by atoms with E-state index < -0.39 is 0 Å². The maximum atomic E-state index is 12.7. The number of urea groups is 1. The van der Waals surface area contributed by atoms with Gasteiger partial charge in [-0.05, 0) is 31.2 Å². The molecule has 1 aromatic carbocycles. The summed E-state index contributed by atoms with van der Waals surface area (Å²) in [5.74, 6) is 7.70. The molecule has 0 aliphatic carbocycles. The highest BCUT2D eigenvalue weighted by Crippen LogP contribution is 2.27. The van der Waals surface area contributed by atoms with Gasteiger partial charge < -0.3 is 60.8 Å². The number of carbonyl (C=O) groups excluding carboxylic acids is 1. The van der Waals surface area contributed by atoms with E-state index in [4.69, 9.17) is 36.3 Å². The Kier molecular flexibility index (Phi) is 18.4. The first-order valence-corrected chi connectivity index (χ1v) is 18.9. The van der Waals surface area contributed by atoms with Gasteiger partial charge in [0.1, 0.15) is 11.3 Å². The summed E-state index contributed by atoms with van der Waals surface area (Å²) in [4.78, 5) is 25.9. The van der Waals surface area contributed by atoms with Crippen molar-refractivity contribution in [2.75, 3.05) is 117 Å². The van der Waals surface area contributed by atoms with Crippen molar-refractivity contribution in [2.24, 2.45) is 11.6 Å². The lowest BCUT2D eigenvalue weighted by atomic mass is 10.1. The number of ether oxygens (including phenoxy) is 4. The van der Waals surface area contributed by atoms with Crippen molar-refractivity contribution in [3.05, 3.63) is 53.5 Å². The van der Waals surface area contributed by atoms with Crippen molar-refractivity contribution < 1.29 is 23.7 Å². The van der Waals surface area contributed by atoms with Gasteiger partial charge in [-0.25, -0.2) is 15.6 Å². The van der Waals surface area contributed by atoms with Crippen LogP contribution in [0.15, 0.2) is 42.4 Å². The number of hydrazine groups is 1. The second kappa shape index (κ2) is 23.4. The lowest BCUT2D eigenvalue weighted by molar-refractivity contribution is 0.0128. The number of piperazine rings is 1. The van der Waals surface area contributed by atoms with E-state index in [1.807, 2.05) is 24.2 Å². The fraction of sp³-hybridized carbons (Fsp3) is 0.595. The Morgan fingerprint density at radius 2 is 1.70 bits per heavy atom. The third kappa shape index (κ3) is 14.1. The number of benzene rings is 1. The van der Waals surface area contributed by atoms with Crippen LogP contribution in [0.4, 0.5) is 16.6 Å². The molecule has 17 nitrogen and oxygen atoms in total. The molecule has 54 heavy (non-hydrogen) atoms. The number of nitrogens with two attached hydrogens (primary N) is 3. The van der Waals surface area contributed by atoms with Crippen LogP contribution in [0, 0.1) is 0 Å². The number of amides is 2. The van der Waals surface area contributed by atoms with Gasteiger partial charge in [0.05, 0.1) is 65.4 Å². The van der Waals surface area contributed by atoms with E-state index in [0.29, 0.717) is 84.6 Å². The Morgan fingerprint density at radius 1 is 0.963 bits per heavy atom. The van der Waals surface area contributed by atoms with Gasteiger partial charge in [0.2, 0.25) is 5.95 Å². The van der Waals surface area contributed by atoms with Crippen LogP contribution >= 0.6 is 0 Å². The minimum atomic E-state index is -0.0705. The van der Waals surface area contributed by atoms with Gasteiger partial charge in [0.25, 0.3) is 0 Å². The summed E-state index contributed by atoms with van der Waals surface area (Å²) >= 11 is 0. The van der Waals surface area contributed by atoms with Crippen LogP contribution in [-0.4, -0.2) is 142 Å². The summed E-state index contributed by atoms with van der Waals surface area (Å²) in [6, 6.07) is 8.29. The van der Waals surface area contributed by atoms with Crippen LogP contribution in [0.3, 0.4) is 0 Å². The average Bonchev–Trinajstić information content (AvgIpc) is 3.56. The SMILES string of the molecule is CCCCCNc1nc(N)nc2ccn(Cc3ccc(CN4CCN(C(=O)NCCOCCOCCOCCN(N)/C=C(\N)CNC)CC4)cc3OC)c12. The molecule has 0 bridgehead atoms. The van der Waals surface area contributed by atoms with Gasteiger partial charge >= 0.3 is 6.03 Å². The first-order chi connectivity index (χ1) is 26.3. The third-order valence-electron chi connectivity index (χ3n) is 8.93. The second-order valence-electron chi connectivity index (χ2n) is 13.2. The number of methoxy groups -OCH3 is 1. The van der Waals surface area contributed by atoms with Crippen LogP contribution in [0.25, 0.3) is 11.0 Å². The van der Waals surface area contributed by atoms with E-state index in [-0.39, 0.29) is 12.0 Å². The molecule has 4 rings (SSSR count). The number of carbonyl (C=O) groups is 1. The van der Waals surface area contributed by atoms with E-state index in [0.717, 1.165) is 79.2 Å². The fourth-order valence-electron chi connectivity index (χ4n) is 6.11. The van der Waals surface area contributed by atoms with Crippen LogP contribution in [-0.2, 0) is 27.3 Å². The summed E-state index contributed by atoms with van der Waals surface area (Å²) in [5, 5.41) is 10.9. The predicted octanol–water partition coefficient (Wildman–Crippen LogP) is 1.74. The summed E-state index contributed by atoms with van der Waals surface area (Å²) < 4.78 is 24.6. The minimum Gasteiger partial charge on any atom is -0.496 e. The molecule has 1 fully saturated rings. The normalized spacial score (nSPS) is 13.8. The number of nitrogens with zero attached hydrogens (tertiary/aromatic N) is 6. The summed E-state index contributed by atoms with van der Waals surface area (Å²) in [7, 11) is 3.53. The van der Waals surface area contributed by atoms with Gasteiger partial charge in [-0.2, -0.15) is 4.98 Å². The van der Waals surface area contributed by atoms with Crippen molar-refractivity contribution in [2.45, 2.75) is 39.3 Å². The Morgan fingerprint density at radius 3 is 2.43 bits per heavy atom. The van der Waals surface area contributed by atoms with E-state index in [1.165, 1.54) is 5.01 Å². The molecule has 3 aromatic rings. The molecule has 0 spiro atoms. The number of rotatable bonds is 25. The molecule has 17 heteroatoms. The zero-order chi connectivity index (χ0) is 38.5. The Labute approximate surface area is 319 Å². The maximum Gasteiger partial charge on any atom is 0.317 e. The number of nitrogens with one attached hydrogen (secondary N) is 3. The van der Waals surface area contributed by atoms with Gasteiger partial charge in [0, 0.05) is 76.0 Å². The molecule has 9 N–H and O–H groups in total.